The standard InChI is InChI=1S/C24H23F3N4O5/c1-23(2,12-32)19(21(29)34)36-18-11-17(20(28)33)30-22(31-18)13-3-7-15(8-4-13)35-16-9-5-14(6-10-16)24(25,26)27/h3-11,19,32H,12H2,1-2H3,(H2,28,33)(H2,29,34). The molecule has 12 heteroatoms. The minimum absolute atomic E-state index is 0.0346. The molecular formula is C24H23F3N4O5. The van der Waals surface area contributed by atoms with E-state index in [2.05, 4.69) is 9.97 Å². The Morgan fingerprint density at radius 1 is 0.972 bits per heavy atom. The van der Waals surface area contributed by atoms with Gasteiger partial charge >= 0.3 is 6.18 Å². The molecule has 190 valence electrons. The average molecular weight is 504 g/mol. The van der Waals surface area contributed by atoms with Crippen LogP contribution in [0.25, 0.3) is 11.4 Å². The lowest BCUT2D eigenvalue weighted by Gasteiger charge is -2.30. The molecule has 0 aliphatic heterocycles. The van der Waals surface area contributed by atoms with E-state index in [1.807, 2.05) is 0 Å². The minimum atomic E-state index is -4.45. The fourth-order valence-corrected chi connectivity index (χ4v) is 3.07. The maximum absolute atomic E-state index is 12.7. The van der Waals surface area contributed by atoms with E-state index in [1.165, 1.54) is 24.3 Å². The molecule has 5 N–H and O–H groups in total. The molecule has 0 saturated heterocycles. The predicted octanol–water partition coefficient (Wildman–Crippen LogP) is 3.30. The van der Waals surface area contributed by atoms with Gasteiger partial charge in [0.1, 0.15) is 17.2 Å². The van der Waals surface area contributed by atoms with Gasteiger partial charge in [-0.3, -0.25) is 9.59 Å². The van der Waals surface area contributed by atoms with Crippen molar-refractivity contribution in [2.24, 2.45) is 16.9 Å². The highest BCUT2D eigenvalue weighted by Crippen LogP contribution is 2.32. The van der Waals surface area contributed by atoms with Gasteiger partial charge in [0.05, 0.1) is 12.2 Å². The number of halogens is 3. The SMILES string of the molecule is CC(C)(CO)C(Oc1cc(C(N)=O)nc(-c2ccc(Oc3ccc(C(F)(F)F)cc3)cc2)n1)C(N)=O. The van der Waals surface area contributed by atoms with Gasteiger partial charge in [-0.1, -0.05) is 13.8 Å². The zero-order chi connectivity index (χ0) is 26.7. The molecule has 9 nitrogen and oxygen atoms in total. The Hall–Kier alpha value is -4.19. The Morgan fingerprint density at radius 3 is 2.00 bits per heavy atom. The number of aliphatic hydroxyl groups excluding tert-OH is 1. The van der Waals surface area contributed by atoms with Crippen molar-refractivity contribution in [3.05, 3.63) is 65.9 Å². The van der Waals surface area contributed by atoms with E-state index in [1.54, 1.807) is 26.0 Å². The van der Waals surface area contributed by atoms with Gasteiger partial charge in [-0.05, 0) is 48.5 Å². The summed E-state index contributed by atoms with van der Waals surface area (Å²) in [5, 5.41) is 9.59. The van der Waals surface area contributed by atoms with Gasteiger partial charge in [-0.25, -0.2) is 4.98 Å². The summed E-state index contributed by atoms with van der Waals surface area (Å²) in [6.45, 7) is 2.71. The summed E-state index contributed by atoms with van der Waals surface area (Å²) < 4.78 is 49.4. The fraction of sp³-hybridized carbons (Fsp3) is 0.250. The van der Waals surface area contributed by atoms with Gasteiger partial charge in [0.15, 0.2) is 11.9 Å². The molecule has 2 aromatic carbocycles. The second kappa shape index (κ2) is 10.2. The predicted molar refractivity (Wildman–Crippen MR) is 122 cm³/mol. The summed E-state index contributed by atoms with van der Waals surface area (Å²) in [6, 6.07) is 11.5. The number of hydrogen-bond donors (Lipinski definition) is 3. The molecule has 0 radical (unpaired) electrons. The number of aromatic nitrogens is 2. The highest BCUT2D eigenvalue weighted by molar-refractivity contribution is 5.91. The minimum Gasteiger partial charge on any atom is -0.463 e. The van der Waals surface area contributed by atoms with Gasteiger partial charge in [0.25, 0.3) is 11.8 Å². The van der Waals surface area contributed by atoms with Crippen LogP contribution in [0.5, 0.6) is 17.4 Å². The van der Waals surface area contributed by atoms with Crippen LogP contribution < -0.4 is 20.9 Å². The maximum atomic E-state index is 12.7. The van der Waals surface area contributed by atoms with Crippen LogP contribution in [-0.2, 0) is 11.0 Å². The largest absolute Gasteiger partial charge is 0.463 e. The van der Waals surface area contributed by atoms with Crippen LogP contribution >= 0.6 is 0 Å². The number of aliphatic hydroxyl groups is 1. The number of nitrogens with zero attached hydrogens (tertiary/aromatic N) is 2. The van der Waals surface area contributed by atoms with E-state index in [0.717, 1.165) is 18.2 Å². The molecule has 3 aromatic rings. The van der Waals surface area contributed by atoms with Crippen LogP contribution in [-0.4, -0.2) is 39.6 Å². The Kier molecular flexibility index (Phi) is 7.48. The van der Waals surface area contributed by atoms with E-state index in [9.17, 15) is 27.9 Å². The first-order valence-electron chi connectivity index (χ1n) is 10.5. The first-order valence-corrected chi connectivity index (χ1v) is 10.5. The quantitative estimate of drug-likeness (QED) is 0.404. The second-order valence-corrected chi connectivity index (χ2v) is 8.47. The third-order valence-corrected chi connectivity index (χ3v) is 5.10. The van der Waals surface area contributed by atoms with Gasteiger partial charge < -0.3 is 26.0 Å². The molecule has 0 bridgehead atoms. The van der Waals surface area contributed by atoms with Crippen LogP contribution in [0, 0.1) is 5.41 Å². The zero-order valence-electron chi connectivity index (χ0n) is 19.2. The highest BCUT2D eigenvalue weighted by Gasteiger charge is 2.36. The Labute approximate surface area is 203 Å². The normalized spacial score (nSPS) is 12.6. The third kappa shape index (κ3) is 6.27. The zero-order valence-corrected chi connectivity index (χ0v) is 19.2. The summed E-state index contributed by atoms with van der Waals surface area (Å²) >= 11 is 0. The van der Waals surface area contributed by atoms with Crippen LogP contribution in [0.3, 0.4) is 0 Å². The third-order valence-electron chi connectivity index (χ3n) is 5.10. The number of carbonyl (C=O) groups is 2. The van der Waals surface area contributed by atoms with E-state index < -0.39 is 41.7 Å². The molecule has 0 saturated carbocycles. The van der Waals surface area contributed by atoms with E-state index in [0.29, 0.717) is 11.3 Å². The molecule has 36 heavy (non-hydrogen) atoms. The van der Waals surface area contributed by atoms with E-state index >= 15 is 0 Å². The molecule has 1 aromatic heterocycles. The maximum Gasteiger partial charge on any atom is 0.416 e. The van der Waals surface area contributed by atoms with Crippen molar-refractivity contribution in [2.45, 2.75) is 26.1 Å². The molecular weight excluding hydrogens is 481 g/mol. The number of amides is 2. The fourth-order valence-electron chi connectivity index (χ4n) is 3.07. The van der Waals surface area contributed by atoms with Gasteiger partial charge in [-0.2, -0.15) is 18.2 Å². The molecule has 0 aliphatic rings. The van der Waals surface area contributed by atoms with Crippen LogP contribution in [0.4, 0.5) is 13.2 Å². The van der Waals surface area contributed by atoms with E-state index in [4.69, 9.17) is 20.9 Å². The Balaban J connectivity index is 1.87. The molecule has 0 fully saturated rings. The lowest BCUT2D eigenvalue weighted by molar-refractivity contribution is -0.137. The lowest BCUT2D eigenvalue weighted by Crippen LogP contribution is -2.47. The van der Waals surface area contributed by atoms with Crippen molar-refractivity contribution in [3.63, 3.8) is 0 Å². The van der Waals surface area contributed by atoms with Crippen molar-refractivity contribution >= 4 is 11.8 Å². The molecule has 1 atom stereocenters. The first-order chi connectivity index (χ1) is 16.8. The van der Waals surface area contributed by atoms with Crippen molar-refractivity contribution < 1.29 is 37.3 Å². The van der Waals surface area contributed by atoms with Crippen LogP contribution in [0.2, 0.25) is 0 Å². The van der Waals surface area contributed by atoms with Crippen molar-refractivity contribution in [3.8, 4) is 28.8 Å². The monoisotopic (exact) mass is 504 g/mol. The lowest BCUT2D eigenvalue weighted by atomic mass is 9.87. The van der Waals surface area contributed by atoms with Crippen LogP contribution in [0.15, 0.2) is 54.6 Å². The highest BCUT2D eigenvalue weighted by atomic mass is 19.4. The van der Waals surface area contributed by atoms with Gasteiger partial charge in [0.2, 0.25) is 5.88 Å². The number of rotatable bonds is 9. The number of ether oxygens (including phenoxy) is 2. The first kappa shape index (κ1) is 26.4. The molecule has 0 aliphatic carbocycles. The van der Waals surface area contributed by atoms with Gasteiger partial charge in [-0.15, -0.1) is 0 Å². The number of benzene rings is 2. The van der Waals surface area contributed by atoms with Crippen molar-refractivity contribution in [1.82, 2.24) is 9.97 Å². The molecule has 1 unspecified atom stereocenters. The molecule has 1 heterocycles. The summed E-state index contributed by atoms with van der Waals surface area (Å²) in [7, 11) is 0. The number of primary amides is 2. The smallest absolute Gasteiger partial charge is 0.416 e. The molecule has 2 amide bonds. The van der Waals surface area contributed by atoms with Crippen LogP contribution in [0.1, 0.15) is 29.9 Å². The summed E-state index contributed by atoms with van der Waals surface area (Å²) in [4.78, 5) is 32.1. The van der Waals surface area contributed by atoms with Gasteiger partial charge in [0, 0.05) is 17.0 Å². The van der Waals surface area contributed by atoms with E-state index in [-0.39, 0.29) is 23.1 Å². The van der Waals surface area contributed by atoms with Crippen molar-refractivity contribution in [1.29, 1.82) is 0 Å². The number of nitrogens with two attached hydrogens (primary N) is 2. The molecule has 3 rings (SSSR count). The second-order valence-electron chi connectivity index (χ2n) is 8.47. The van der Waals surface area contributed by atoms with Crippen molar-refractivity contribution in [2.75, 3.05) is 6.61 Å². The summed E-state index contributed by atoms with van der Waals surface area (Å²) in [6.07, 6.45) is -5.72. The Morgan fingerprint density at radius 2 is 1.53 bits per heavy atom. The number of carbonyl (C=O) groups excluding carboxylic acids is 2. The molecule has 0 spiro atoms. The Bertz CT molecular complexity index is 1250. The summed E-state index contributed by atoms with van der Waals surface area (Å²) in [5.41, 5.74) is 9.17. The topological polar surface area (TPSA) is 151 Å². The summed E-state index contributed by atoms with van der Waals surface area (Å²) in [5.74, 6) is -1.33. The number of alkyl halides is 3. The number of hydrogen-bond acceptors (Lipinski definition) is 7. The average Bonchev–Trinajstić information content (AvgIpc) is 2.82.